The highest BCUT2D eigenvalue weighted by Gasteiger charge is 2.04. The van der Waals surface area contributed by atoms with E-state index in [1.54, 1.807) is 0 Å². The van der Waals surface area contributed by atoms with Gasteiger partial charge >= 0.3 is 0 Å². The van der Waals surface area contributed by atoms with Gasteiger partial charge in [0.25, 0.3) is 0 Å². The quantitative estimate of drug-likeness (QED) is 0.643. The molecule has 0 fully saturated rings. The van der Waals surface area contributed by atoms with E-state index in [0.29, 0.717) is 0 Å². The summed E-state index contributed by atoms with van der Waals surface area (Å²) in [6, 6.07) is 17.4. The highest BCUT2D eigenvalue weighted by molar-refractivity contribution is 7.21. The van der Waals surface area contributed by atoms with E-state index in [1.807, 2.05) is 11.3 Å². The van der Waals surface area contributed by atoms with E-state index in [1.165, 1.54) is 20.5 Å². The Bertz CT molecular complexity index is 787. The number of fused-ring (bicyclic) bond motifs is 2. The lowest BCUT2D eigenvalue weighted by molar-refractivity contribution is 0.312. The van der Waals surface area contributed by atoms with Crippen molar-refractivity contribution in [3.8, 4) is 10.4 Å². The average molecular weight is 310 g/mol. The van der Waals surface area contributed by atoms with Gasteiger partial charge in [-0.25, -0.2) is 0 Å². The van der Waals surface area contributed by atoms with Crippen molar-refractivity contribution < 1.29 is 0 Å². The predicted octanol–water partition coefficient (Wildman–Crippen LogP) is 4.25. The second-order valence-electron chi connectivity index (χ2n) is 5.41. The first kappa shape index (κ1) is 15.2. The molecule has 1 aromatic carbocycles. The zero-order valence-electron chi connectivity index (χ0n) is 13.2. The van der Waals surface area contributed by atoms with Gasteiger partial charge < -0.3 is 4.90 Å². The number of rotatable bonds is 5. The van der Waals surface area contributed by atoms with Crippen molar-refractivity contribution >= 4 is 21.4 Å². The second kappa shape index (κ2) is 7.03. The Hall–Kier alpha value is -1.71. The Kier molecular flexibility index (Phi) is 4.86. The van der Waals surface area contributed by atoms with Crippen molar-refractivity contribution in [1.82, 2.24) is 4.90 Å². The molecule has 1 heterocycles. The van der Waals surface area contributed by atoms with Gasteiger partial charge in [-0.05, 0) is 48.3 Å². The molecule has 1 aliphatic carbocycles. The molecule has 0 atom stereocenters. The predicted molar refractivity (Wildman–Crippen MR) is 96.7 cm³/mol. The van der Waals surface area contributed by atoms with Crippen LogP contribution in [0.15, 0.2) is 53.5 Å². The lowest BCUT2D eigenvalue weighted by Gasteiger charge is -2.15. The molecule has 114 valence electrons. The average Bonchev–Trinajstić information content (AvgIpc) is 2.57. The molecule has 22 heavy (non-hydrogen) atoms. The first-order valence-electron chi connectivity index (χ1n) is 7.95. The fourth-order valence-corrected chi connectivity index (χ4v) is 3.72. The molecule has 3 rings (SSSR count). The summed E-state index contributed by atoms with van der Waals surface area (Å²) < 4.78 is 1.33. The highest BCUT2D eigenvalue weighted by atomic mass is 32.1. The lowest BCUT2D eigenvalue weighted by Crippen LogP contribution is -2.26. The fraction of sp³-hybridized carbons (Fsp3) is 0.316. The number of hydrogen-bond acceptors (Lipinski definition) is 3. The molecule has 0 N–H and O–H groups in total. The van der Waals surface area contributed by atoms with Crippen LogP contribution in [0, 0.1) is 0 Å². The van der Waals surface area contributed by atoms with E-state index in [2.05, 4.69) is 67.3 Å². The molecule has 2 nitrogen and oxygen atoms in total. The van der Waals surface area contributed by atoms with E-state index in [4.69, 9.17) is 4.99 Å². The van der Waals surface area contributed by atoms with Crippen molar-refractivity contribution in [1.29, 1.82) is 0 Å². The Morgan fingerprint density at radius 2 is 1.82 bits per heavy atom. The van der Waals surface area contributed by atoms with Crippen molar-refractivity contribution in [2.75, 3.05) is 26.2 Å². The van der Waals surface area contributed by atoms with Crippen molar-refractivity contribution in [2.24, 2.45) is 4.99 Å². The van der Waals surface area contributed by atoms with E-state index in [9.17, 15) is 0 Å². The smallest absolute Gasteiger partial charge is 0.0589 e. The molecule has 0 spiro atoms. The summed E-state index contributed by atoms with van der Waals surface area (Å²) in [5.74, 6) is 0. The summed E-state index contributed by atoms with van der Waals surface area (Å²) in [6.45, 7) is 8.49. The van der Waals surface area contributed by atoms with Crippen LogP contribution in [0.4, 0.5) is 0 Å². The first-order valence-corrected chi connectivity index (χ1v) is 8.77. The number of hydrogen-bond donors (Lipinski definition) is 0. The van der Waals surface area contributed by atoms with Crippen LogP contribution in [0.1, 0.15) is 13.8 Å². The van der Waals surface area contributed by atoms with E-state index >= 15 is 0 Å². The van der Waals surface area contributed by atoms with Crippen LogP contribution in [0.25, 0.3) is 20.5 Å². The monoisotopic (exact) mass is 310 g/mol. The molecule has 0 amide bonds. The minimum Gasteiger partial charge on any atom is -0.302 e. The Morgan fingerprint density at radius 3 is 2.64 bits per heavy atom. The van der Waals surface area contributed by atoms with Gasteiger partial charge in [0, 0.05) is 16.1 Å². The third-order valence-corrected chi connectivity index (χ3v) is 5.22. The molecule has 0 saturated carbocycles. The van der Waals surface area contributed by atoms with Gasteiger partial charge in [0.05, 0.1) is 11.9 Å². The Morgan fingerprint density at radius 1 is 1.00 bits per heavy atom. The van der Waals surface area contributed by atoms with Crippen LogP contribution in [0.5, 0.6) is 0 Å². The molecule has 1 aliphatic heterocycles. The summed E-state index contributed by atoms with van der Waals surface area (Å²) >= 11 is 1.84. The van der Waals surface area contributed by atoms with E-state index in [-0.39, 0.29) is 0 Å². The molecule has 0 aromatic heterocycles. The fourth-order valence-electron chi connectivity index (χ4n) is 2.67. The third-order valence-electron chi connectivity index (χ3n) is 4.05. The zero-order chi connectivity index (χ0) is 15.4. The summed E-state index contributed by atoms with van der Waals surface area (Å²) in [7, 11) is 0. The van der Waals surface area contributed by atoms with Gasteiger partial charge in [0.2, 0.25) is 0 Å². The van der Waals surface area contributed by atoms with Crippen LogP contribution in [0.2, 0.25) is 0 Å². The largest absolute Gasteiger partial charge is 0.302 e. The van der Waals surface area contributed by atoms with Gasteiger partial charge in [0.1, 0.15) is 0 Å². The molecule has 1 aromatic rings. The Labute approximate surface area is 136 Å². The van der Waals surface area contributed by atoms with Gasteiger partial charge in [-0.15, -0.1) is 11.3 Å². The van der Waals surface area contributed by atoms with Crippen LogP contribution in [-0.4, -0.2) is 31.1 Å². The molecule has 0 unspecified atom stereocenters. The molecule has 0 saturated heterocycles. The standard InChI is InChI=1S/C19H22N2S/c1-3-21(4-2)12-11-20-17-10-9-16-13-15-7-5-6-8-18(15)22-19(16)14-17/h5-10,13-14H,3-4,11-12H2,1-2H3. The molecule has 2 aliphatic rings. The van der Waals surface area contributed by atoms with Crippen molar-refractivity contribution in [3.63, 3.8) is 0 Å². The summed E-state index contributed by atoms with van der Waals surface area (Å²) in [4.78, 5) is 8.45. The minimum atomic E-state index is 0.867. The van der Waals surface area contributed by atoms with Crippen LogP contribution >= 0.6 is 11.3 Å². The van der Waals surface area contributed by atoms with Gasteiger partial charge in [-0.1, -0.05) is 38.1 Å². The number of benzene rings is 2. The second-order valence-corrected chi connectivity index (χ2v) is 6.50. The van der Waals surface area contributed by atoms with Gasteiger partial charge in [-0.2, -0.15) is 0 Å². The maximum Gasteiger partial charge on any atom is 0.0589 e. The first-order chi connectivity index (χ1) is 10.8. The van der Waals surface area contributed by atoms with Gasteiger partial charge in [0.15, 0.2) is 0 Å². The molecule has 3 heteroatoms. The summed E-state index contributed by atoms with van der Waals surface area (Å²) in [5.41, 5.74) is 1.30. The third kappa shape index (κ3) is 3.37. The maximum atomic E-state index is 4.74. The maximum absolute atomic E-state index is 4.74. The van der Waals surface area contributed by atoms with Crippen LogP contribution < -0.4 is 5.36 Å². The Balaban J connectivity index is 1.89. The highest BCUT2D eigenvalue weighted by Crippen LogP contribution is 2.31. The van der Waals surface area contributed by atoms with Crippen LogP contribution in [0.3, 0.4) is 0 Å². The van der Waals surface area contributed by atoms with E-state index in [0.717, 1.165) is 31.5 Å². The number of nitrogens with zero attached hydrogens (tertiary/aromatic N) is 2. The molecular weight excluding hydrogens is 288 g/mol. The normalized spacial score (nSPS) is 12.6. The van der Waals surface area contributed by atoms with Gasteiger partial charge in [-0.3, -0.25) is 4.99 Å². The lowest BCUT2D eigenvalue weighted by atomic mass is 10.1. The van der Waals surface area contributed by atoms with Crippen molar-refractivity contribution in [2.45, 2.75) is 13.8 Å². The SMILES string of the molecule is CCN(CC)CCN=c1ccc2cc3ccccc3sc-2c1. The number of likely N-dealkylation sites (N-methyl/N-ethyl adjacent to an activating group) is 1. The summed E-state index contributed by atoms with van der Waals surface area (Å²) in [5, 5.41) is 2.40. The van der Waals surface area contributed by atoms with Crippen molar-refractivity contribution in [3.05, 3.63) is 53.9 Å². The zero-order valence-corrected chi connectivity index (χ0v) is 14.1. The molecular formula is C19H22N2S. The molecule has 0 bridgehead atoms. The summed E-state index contributed by atoms with van der Waals surface area (Å²) in [6.07, 6.45) is 0. The molecule has 0 radical (unpaired) electrons. The van der Waals surface area contributed by atoms with E-state index < -0.39 is 0 Å². The van der Waals surface area contributed by atoms with Crippen LogP contribution in [-0.2, 0) is 0 Å². The minimum absolute atomic E-state index is 0.867. The topological polar surface area (TPSA) is 15.6 Å².